The summed E-state index contributed by atoms with van der Waals surface area (Å²) in [6.45, 7) is 3.87. The molecule has 0 aromatic heterocycles. The number of hydrogen-bond acceptors (Lipinski definition) is 4. The van der Waals surface area contributed by atoms with Crippen LogP contribution in [0.5, 0.6) is 0 Å². The number of carbonyl (C=O) groups excluding carboxylic acids is 2. The number of anilines is 1. The minimum absolute atomic E-state index is 0.00428. The molecule has 0 unspecified atom stereocenters. The summed E-state index contributed by atoms with van der Waals surface area (Å²) in [7, 11) is -4.21. The second-order valence-electron chi connectivity index (χ2n) is 10.5. The number of hydrogen-bond donors (Lipinski definition) is 1. The molecule has 0 radical (unpaired) electrons. The maximum atomic E-state index is 13.8. The molecule has 0 spiro atoms. The number of halogens is 1. The van der Waals surface area contributed by atoms with Crippen molar-refractivity contribution in [3.8, 4) is 11.1 Å². The maximum Gasteiger partial charge on any atom is 0.324 e. The van der Waals surface area contributed by atoms with Crippen molar-refractivity contribution in [2.45, 2.75) is 44.0 Å². The summed E-state index contributed by atoms with van der Waals surface area (Å²) in [5.41, 5.74) is 4.31. The summed E-state index contributed by atoms with van der Waals surface area (Å²) in [5, 5.41) is 0.162. The van der Waals surface area contributed by atoms with Gasteiger partial charge < -0.3 is 4.90 Å². The normalized spacial score (nSPS) is 12.8. The van der Waals surface area contributed by atoms with E-state index in [-0.39, 0.29) is 21.5 Å². The smallest absolute Gasteiger partial charge is 0.320 e. The highest BCUT2D eigenvalue weighted by molar-refractivity contribution is 7.90. The van der Waals surface area contributed by atoms with E-state index in [0.717, 1.165) is 36.9 Å². The van der Waals surface area contributed by atoms with Gasteiger partial charge in [0.1, 0.15) is 0 Å². The zero-order chi connectivity index (χ0) is 30.4. The van der Waals surface area contributed by atoms with Gasteiger partial charge in [-0.15, -0.1) is 0 Å². The van der Waals surface area contributed by atoms with Crippen LogP contribution in [0.15, 0.2) is 102 Å². The van der Waals surface area contributed by atoms with E-state index in [1.54, 1.807) is 30.3 Å². The molecule has 1 heterocycles. The monoisotopic (exact) mass is 615 g/mol. The van der Waals surface area contributed by atoms with E-state index < -0.39 is 15.9 Å². The first kappa shape index (κ1) is 30.3. The summed E-state index contributed by atoms with van der Waals surface area (Å²) >= 11 is 6.10. The summed E-state index contributed by atoms with van der Waals surface area (Å²) < 4.78 is 28.8. The van der Waals surface area contributed by atoms with E-state index in [1.165, 1.54) is 23.8 Å². The zero-order valence-corrected chi connectivity index (χ0v) is 25.6. The Morgan fingerprint density at radius 3 is 2.37 bits per heavy atom. The number of aryl methyl sites for hydroxylation is 1. The number of benzene rings is 4. The molecule has 1 aliphatic heterocycles. The van der Waals surface area contributed by atoms with Crippen LogP contribution in [-0.4, -0.2) is 38.3 Å². The predicted molar refractivity (Wildman–Crippen MR) is 171 cm³/mol. The Kier molecular flexibility index (Phi) is 9.48. The molecule has 5 rings (SSSR count). The molecule has 0 bridgehead atoms. The molecule has 43 heavy (non-hydrogen) atoms. The molecule has 0 atom stereocenters. The molecule has 3 amide bonds. The van der Waals surface area contributed by atoms with Gasteiger partial charge in [-0.25, -0.2) is 17.9 Å². The number of rotatable bonds is 9. The Morgan fingerprint density at radius 2 is 1.60 bits per heavy atom. The summed E-state index contributed by atoms with van der Waals surface area (Å²) in [5.74, 6) is -0.802. The number of sulfonamides is 1. The lowest BCUT2D eigenvalue weighted by Gasteiger charge is -2.34. The van der Waals surface area contributed by atoms with Crippen molar-refractivity contribution < 1.29 is 18.0 Å². The van der Waals surface area contributed by atoms with Crippen LogP contribution < -0.4 is 9.62 Å². The van der Waals surface area contributed by atoms with Crippen molar-refractivity contribution >= 4 is 39.2 Å². The van der Waals surface area contributed by atoms with Crippen LogP contribution in [0.2, 0.25) is 5.02 Å². The van der Waals surface area contributed by atoms with E-state index in [0.29, 0.717) is 30.8 Å². The summed E-state index contributed by atoms with van der Waals surface area (Å²) in [6.07, 6.45) is 3.76. The largest absolute Gasteiger partial charge is 0.324 e. The van der Waals surface area contributed by atoms with Gasteiger partial charge in [0.15, 0.2) is 0 Å². The number of fused-ring (bicyclic) bond motifs is 1. The fraction of sp³-hybridized carbons (Fsp3) is 0.235. The second kappa shape index (κ2) is 13.4. The van der Waals surface area contributed by atoms with Crippen molar-refractivity contribution in [1.29, 1.82) is 0 Å². The number of carbonyl (C=O) groups is 2. The van der Waals surface area contributed by atoms with Crippen molar-refractivity contribution in [1.82, 2.24) is 9.62 Å². The minimum Gasteiger partial charge on any atom is -0.320 e. The van der Waals surface area contributed by atoms with Crippen molar-refractivity contribution in [3.05, 3.63) is 119 Å². The average Bonchev–Trinajstić information content (AvgIpc) is 3.02. The lowest BCUT2D eigenvalue weighted by molar-refractivity contribution is 0.0981. The van der Waals surface area contributed by atoms with Crippen LogP contribution in [-0.2, 0) is 23.0 Å². The van der Waals surface area contributed by atoms with E-state index in [1.807, 2.05) is 52.3 Å². The molecule has 4 aromatic rings. The third-order valence-electron chi connectivity index (χ3n) is 7.55. The minimum atomic E-state index is -4.21. The number of nitrogens with one attached hydrogen (secondary N) is 1. The Balaban J connectivity index is 1.36. The van der Waals surface area contributed by atoms with E-state index in [4.69, 9.17) is 11.6 Å². The molecule has 0 fully saturated rings. The molecule has 7 nitrogen and oxygen atoms in total. The first-order valence-corrected chi connectivity index (χ1v) is 16.3. The standard InChI is InChI=1S/C34H34ClN3O4S/c1-2-3-22-37(34(40)38-23-10-12-27-11-4-8-16-31(27)38)24-25-18-20-26(21-19-25)28-13-6-9-17-32(28)43(41,42)36-33(39)29-14-5-7-15-30(29)35/h4-9,11,13-21H,2-3,10,12,22-24H2,1H3,(H,36,39). The number of para-hydroxylation sites is 1. The van der Waals surface area contributed by atoms with Crippen LogP contribution in [0.3, 0.4) is 0 Å². The van der Waals surface area contributed by atoms with Gasteiger partial charge in [-0.2, -0.15) is 0 Å². The van der Waals surface area contributed by atoms with E-state index in [9.17, 15) is 18.0 Å². The lowest BCUT2D eigenvalue weighted by atomic mass is 10.0. The quantitative estimate of drug-likeness (QED) is 0.214. The first-order chi connectivity index (χ1) is 20.8. The van der Waals surface area contributed by atoms with Gasteiger partial charge in [-0.05, 0) is 60.2 Å². The molecular formula is C34H34ClN3O4S. The molecule has 1 aliphatic rings. The zero-order valence-electron chi connectivity index (χ0n) is 24.0. The van der Waals surface area contributed by atoms with E-state index in [2.05, 4.69) is 17.7 Å². The molecule has 1 N–H and O–H groups in total. The van der Waals surface area contributed by atoms with Gasteiger partial charge in [-0.1, -0.05) is 97.7 Å². The van der Waals surface area contributed by atoms with E-state index >= 15 is 0 Å². The van der Waals surface area contributed by atoms with Gasteiger partial charge in [0.2, 0.25) is 0 Å². The Morgan fingerprint density at radius 1 is 0.907 bits per heavy atom. The number of unbranched alkanes of at least 4 members (excludes halogenated alkanes) is 1. The molecule has 222 valence electrons. The number of amides is 3. The van der Waals surface area contributed by atoms with Gasteiger partial charge in [0.25, 0.3) is 15.9 Å². The third kappa shape index (κ3) is 6.92. The molecule has 4 aromatic carbocycles. The first-order valence-electron chi connectivity index (χ1n) is 14.4. The predicted octanol–water partition coefficient (Wildman–Crippen LogP) is 7.30. The fourth-order valence-electron chi connectivity index (χ4n) is 5.32. The van der Waals surface area contributed by atoms with Gasteiger partial charge in [-0.3, -0.25) is 9.69 Å². The number of nitrogens with zero attached hydrogens (tertiary/aromatic N) is 2. The van der Waals surface area contributed by atoms with Gasteiger partial charge >= 0.3 is 6.03 Å². The van der Waals surface area contributed by atoms with Crippen LogP contribution in [0.1, 0.15) is 47.7 Å². The van der Waals surface area contributed by atoms with Crippen LogP contribution in [0.25, 0.3) is 11.1 Å². The van der Waals surface area contributed by atoms with Crippen molar-refractivity contribution in [3.63, 3.8) is 0 Å². The average molecular weight is 616 g/mol. The molecule has 0 saturated heterocycles. The van der Waals surface area contributed by atoms with Crippen molar-refractivity contribution in [2.75, 3.05) is 18.0 Å². The van der Waals surface area contributed by atoms with Crippen LogP contribution >= 0.6 is 11.6 Å². The fourth-order valence-corrected chi connectivity index (χ4v) is 6.74. The molecule has 0 saturated carbocycles. The van der Waals surface area contributed by atoms with Crippen molar-refractivity contribution in [2.24, 2.45) is 0 Å². The summed E-state index contributed by atoms with van der Waals surface area (Å²) in [6, 6.07) is 28.4. The topological polar surface area (TPSA) is 86.8 Å². The van der Waals surface area contributed by atoms with Gasteiger partial charge in [0.05, 0.1) is 15.5 Å². The Hall–Kier alpha value is -4.14. The highest BCUT2D eigenvalue weighted by Gasteiger charge is 2.27. The molecule has 0 aliphatic carbocycles. The number of urea groups is 1. The van der Waals surface area contributed by atoms with Gasteiger partial charge in [0, 0.05) is 30.9 Å². The second-order valence-corrected chi connectivity index (χ2v) is 12.6. The molecule has 9 heteroatoms. The Labute approximate surface area is 258 Å². The Bertz CT molecular complexity index is 1720. The summed E-state index contributed by atoms with van der Waals surface area (Å²) in [4.78, 5) is 30.3. The lowest BCUT2D eigenvalue weighted by Crippen LogP contribution is -2.45. The molecular weight excluding hydrogens is 582 g/mol. The third-order valence-corrected chi connectivity index (χ3v) is 9.27. The maximum absolute atomic E-state index is 13.8. The highest BCUT2D eigenvalue weighted by atomic mass is 35.5. The van der Waals surface area contributed by atoms with Crippen LogP contribution in [0.4, 0.5) is 10.5 Å². The van der Waals surface area contributed by atoms with Crippen LogP contribution in [0, 0.1) is 0 Å². The highest BCUT2D eigenvalue weighted by Crippen LogP contribution is 2.30. The SMILES string of the molecule is CCCCN(Cc1ccc(-c2ccccc2S(=O)(=O)NC(=O)c2ccccc2Cl)cc1)C(=O)N1CCCc2ccccc21.